The normalized spacial score (nSPS) is 12.8. The first-order chi connectivity index (χ1) is 8.41. The molecule has 1 aromatic carbocycles. The van der Waals surface area contributed by atoms with Crippen LogP contribution in [0.1, 0.15) is 32.5 Å². The van der Waals surface area contributed by atoms with Crippen LogP contribution in [0, 0.1) is 32.4 Å². The van der Waals surface area contributed by atoms with Crippen LogP contribution in [0.3, 0.4) is 0 Å². The molecule has 18 heavy (non-hydrogen) atoms. The van der Waals surface area contributed by atoms with Gasteiger partial charge in [0.2, 0.25) is 0 Å². The number of hydrogen-bond acceptors (Lipinski definition) is 2. The van der Waals surface area contributed by atoms with Crippen molar-refractivity contribution in [2.75, 3.05) is 0 Å². The van der Waals surface area contributed by atoms with Gasteiger partial charge in [0.05, 0.1) is 6.04 Å². The van der Waals surface area contributed by atoms with Gasteiger partial charge in [0, 0.05) is 15.3 Å². The van der Waals surface area contributed by atoms with Crippen LogP contribution in [0.15, 0.2) is 18.2 Å². The topological polar surface area (TPSA) is 26.0 Å². The summed E-state index contributed by atoms with van der Waals surface area (Å²) >= 11 is 1.48. The monoisotopic (exact) mass is 267 g/mol. The highest BCUT2D eigenvalue weighted by Gasteiger charge is 2.21. The third kappa shape index (κ3) is 2.18. The van der Waals surface area contributed by atoms with Crippen molar-refractivity contribution in [3.05, 3.63) is 56.3 Å². The van der Waals surface area contributed by atoms with E-state index in [0.717, 1.165) is 15.3 Å². The second-order valence-corrected chi connectivity index (χ2v) is 5.75. The largest absolute Gasteiger partial charge is 0.319 e. The molecule has 1 unspecified atom stereocenters. The smallest absolute Gasteiger partial charge is 0.134 e. The molecule has 4 heteroatoms. The summed E-state index contributed by atoms with van der Waals surface area (Å²) in [7, 11) is 0. The van der Waals surface area contributed by atoms with E-state index < -0.39 is 17.7 Å². The Bertz CT molecular complexity index is 570. The van der Waals surface area contributed by atoms with Crippen molar-refractivity contribution in [2.45, 2.75) is 26.8 Å². The lowest BCUT2D eigenvalue weighted by Crippen LogP contribution is -2.15. The molecule has 1 atom stereocenters. The van der Waals surface area contributed by atoms with Crippen LogP contribution in [0.4, 0.5) is 8.78 Å². The van der Waals surface area contributed by atoms with Gasteiger partial charge in [0.15, 0.2) is 0 Å². The van der Waals surface area contributed by atoms with Gasteiger partial charge in [-0.05, 0) is 44.0 Å². The van der Waals surface area contributed by atoms with Gasteiger partial charge in [-0.15, -0.1) is 11.3 Å². The van der Waals surface area contributed by atoms with Gasteiger partial charge in [0.1, 0.15) is 11.6 Å². The lowest BCUT2D eigenvalue weighted by molar-refractivity contribution is 0.539. The number of halogens is 2. The van der Waals surface area contributed by atoms with E-state index in [1.165, 1.54) is 23.5 Å². The number of rotatable bonds is 2. The summed E-state index contributed by atoms with van der Waals surface area (Å²) in [5, 5.41) is 0. The Labute approximate surface area is 109 Å². The van der Waals surface area contributed by atoms with E-state index in [4.69, 9.17) is 5.73 Å². The predicted molar refractivity (Wildman–Crippen MR) is 70.9 cm³/mol. The van der Waals surface area contributed by atoms with Crippen LogP contribution in [-0.4, -0.2) is 0 Å². The zero-order valence-electron chi connectivity index (χ0n) is 10.6. The maximum absolute atomic E-state index is 14.0. The Balaban J connectivity index is 2.52. The molecule has 0 amide bonds. The van der Waals surface area contributed by atoms with Crippen molar-refractivity contribution in [3.63, 3.8) is 0 Å². The molecular weight excluding hydrogens is 252 g/mol. The zero-order chi connectivity index (χ0) is 13.4. The van der Waals surface area contributed by atoms with E-state index in [-0.39, 0.29) is 5.56 Å². The molecule has 0 saturated heterocycles. The average molecular weight is 267 g/mol. The Kier molecular flexibility index (Phi) is 3.50. The molecule has 0 fully saturated rings. The van der Waals surface area contributed by atoms with E-state index in [0.29, 0.717) is 5.56 Å². The van der Waals surface area contributed by atoms with Crippen LogP contribution in [-0.2, 0) is 0 Å². The van der Waals surface area contributed by atoms with Gasteiger partial charge in [-0.3, -0.25) is 0 Å². The molecule has 0 aliphatic heterocycles. The SMILES string of the molecule is Cc1cc(C(N)c2c(F)ccc(C)c2F)sc1C. The first-order valence-corrected chi connectivity index (χ1v) is 6.50. The highest BCUT2D eigenvalue weighted by molar-refractivity contribution is 7.12. The fourth-order valence-corrected chi connectivity index (χ4v) is 2.91. The number of nitrogens with two attached hydrogens (primary N) is 1. The lowest BCUT2D eigenvalue weighted by Gasteiger charge is -2.13. The molecule has 2 rings (SSSR count). The summed E-state index contributed by atoms with van der Waals surface area (Å²) in [5.74, 6) is -1.14. The van der Waals surface area contributed by atoms with Gasteiger partial charge >= 0.3 is 0 Å². The van der Waals surface area contributed by atoms with Crippen molar-refractivity contribution >= 4 is 11.3 Å². The molecule has 2 aromatic rings. The minimum atomic E-state index is -0.748. The van der Waals surface area contributed by atoms with Crippen LogP contribution >= 0.6 is 11.3 Å². The highest BCUT2D eigenvalue weighted by Crippen LogP contribution is 2.32. The second-order valence-electron chi connectivity index (χ2n) is 4.46. The number of aryl methyl sites for hydroxylation is 3. The molecular formula is C14H15F2NS. The summed E-state index contributed by atoms with van der Waals surface area (Å²) in [5.41, 5.74) is 7.46. The molecule has 1 nitrogen and oxygen atoms in total. The minimum absolute atomic E-state index is 0.0451. The van der Waals surface area contributed by atoms with Crippen molar-refractivity contribution in [3.8, 4) is 0 Å². The maximum Gasteiger partial charge on any atom is 0.134 e. The Hall–Kier alpha value is -1.26. The zero-order valence-corrected chi connectivity index (χ0v) is 11.4. The van der Waals surface area contributed by atoms with Gasteiger partial charge in [-0.1, -0.05) is 6.07 Å². The molecule has 0 aliphatic rings. The van der Waals surface area contributed by atoms with Gasteiger partial charge in [-0.25, -0.2) is 8.78 Å². The molecule has 0 saturated carbocycles. The molecule has 2 N–H and O–H groups in total. The Morgan fingerprint density at radius 3 is 2.33 bits per heavy atom. The Morgan fingerprint density at radius 1 is 1.11 bits per heavy atom. The van der Waals surface area contributed by atoms with Crippen molar-refractivity contribution in [1.29, 1.82) is 0 Å². The summed E-state index contributed by atoms with van der Waals surface area (Å²) < 4.78 is 27.7. The third-order valence-corrected chi connectivity index (χ3v) is 4.36. The van der Waals surface area contributed by atoms with Gasteiger partial charge in [0.25, 0.3) is 0 Å². The first-order valence-electron chi connectivity index (χ1n) is 5.68. The summed E-state index contributed by atoms with van der Waals surface area (Å²) in [4.78, 5) is 1.90. The molecule has 1 aromatic heterocycles. The molecule has 0 aliphatic carbocycles. The molecule has 0 spiro atoms. The average Bonchev–Trinajstić information content (AvgIpc) is 2.65. The van der Waals surface area contributed by atoms with Crippen LogP contribution in [0.5, 0.6) is 0 Å². The maximum atomic E-state index is 14.0. The highest BCUT2D eigenvalue weighted by atomic mass is 32.1. The molecule has 0 radical (unpaired) electrons. The standard InChI is InChI=1S/C14H15F2NS/c1-7-4-5-10(15)12(13(7)16)14(17)11-6-8(2)9(3)18-11/h4-6,14H,17H2,1-3H3. The summed E-state index contributed by atoms with van der Waals surface area (Å²) in [6.45, 7) is 5.54. The number of benzene rings is 1. The van der Waals surface area contributed by atoms with E-state index in [9.17, 15) is 8.78 Å². The quantitative estimate of drug-likeness (QED) is 0.874. The fraction of sp³-hybridized carbons (Fsp3) is 0.286. The van der Waals surface area contributed by atoms with Crippen molar-refractivity contribution in [2.24, 2.45) is 5.73 Å². The van der Waals surface area contributed by atoms with E-state index in [1.54, 1.807) is 6.92 Å². The van der Waals surface area contributed by atoms with Crippen molar-refractivity contribution < 1.29 is 8.78 Å². The van der Waals surface area contributed by atoms with Crippen LogP contribution in [0.25, 0.3) is 0 Å². The lowest BCUT2D eigenvalue weighted by atomic mass is 10.0. The van der Waals surface area contributed by atoms with Gasteiger partial charge in [-0.2, -0.15) is 0 Å². The molecule has 96 valence electrons. The predicted octanol–water partition coefficient (Wildman–Crippen LogP) is 4.00. The van der Waals surface area contributed by atoms with E-state index >= 15 is 0 Å². The fourth-order valence-electron chi connectivity index (χ4n) is 1.86. The van der Waals surface area contributed by atoms with Crippen LogP contribution < -0.4 is 5.73 Å². The second kappa shape index (κ2) is 4.78. The van der Waals surface area contributed by atoms with E-state index in [1.807, 2.05) is 19.9 Å². The van der Waals surface area contributed by atoms with E-state index in [2.05, 4.69) is 0 Å². The van der Waals surface area contributed by atoms with Crippen LogP contribution in [0.2, 0.25) is 0 Å². The minimum Gasteiger partial charge on any atom is -0.319 e. The first kappa shape index (κ1) is 13.2. The molecule has 1 heterocycles. The molecule has 0 bridgehead atoms. The van der Waals surface area contributed by atoms with Gasteiger partial charge < -0.3 is 5.73 Å². The van der Waals surface area contributed by atoms with Crippen molar-refractivity contribution in [1.82, 2.24) is 0 Å². The Morgan fingerprint density at radius 2 is 1.78 bits per heavy atom. The third-order valence-electron chi connectivity index (χ3n) is 3.12. The number of thiophene rings is 1. The summed E-state index contributed by atoms with van der Waals surface area (Å²) in [6.07, 6.45) is 0. The number of hydrogen-bond donors (Lipinski definition) is 1. The summed E-state index contributed by atoms with van der Waals surface area (Å²) in [6, 6.07) is 3.83.